The number of nitrogens with two attached hydrogens (primary N) is 1. The lowest BCUT2D eigenvalue weighted by molar-refractivity contribution is 0.0454. The second-order valence-corrected chi connectivity index (χ2v) is 3.74. The Kier molecular flexibility index (Phi) is 3.98. The molecule has 0 aromatic carbocycles. The van der Waals surface area contributed by atoms with Crippen molar-refractivity contribution in [3.8, 4) is 0 Å². The minimum atomic E-state index is 0.299. The summed E-state index contributed by atoms with van der Waals surface area (Å²) < 4.78 is 5.31. The van der Waals surface area contributed by atoms with Crippen molar-refractivity contribution in [2.24, 2.45) is 5.73 Å². The maximum absolute atomic E-state index is 5.42. The summed E-state index contributed by atoms with van der Waals surface area (Å²) in [6.07, 6.45) is 3.31. The molecule has 1 aliphatic rings. The summed E-state index contributed by atoms with van der Waals surface area (Å²) in [7, 11) is 0. The van der Waals surface area contributed by atoms with Crippen molar-refractivity contribution in [3.05, 3.63) is 0 Å². The van der Waals surface area contributed by atoms with E-state index in [4.69, 9.17) is 10.5 Å². The van der Waals surface area contributed by atoms with Gasteiger partial charge in [0.1, 0.15) is 0 Å². The normalized spacial score (nSPS) is 22.5. The van der Waals surface area contributed by atoms with Crippen LogP contribution in [-0.4, -0.2) is 31.8 Å². The zero-order valence-corrected chi connectivity index (χ0v) is 7.94. The average Bonchev–Trinajstić information content (AvgIpc) is 2.06. The van der Waals surface area contributed by atoms with Gasteiger partial charge in [-0.15, -0.1) is 0 Å². The van der Waals surface area contributed by atoms with Gasteiger partial charge in [0.2, 0.25) is 0 Å². The molecule has 1 aliphatic heterocycles. The molecule has 1 rings (SSSR count). The number of hydrogen-bond donors (Lipinski definition) is 2. The molecule has 0 saturated carbocycles. The standard InChI is InChI=1S/C9H20N2O/c1-9(11-6-2-5-10)3-7-12-8-4-9/h11H,2-8,10H2,1H3. The van der Waals surface area contributed by atoms with Crippen LogP contribution in [0.3, 0.4) is 0 Å². The molecule has 0 atom stereocenters. The molecule has 0 aromatic rings. The Morgan fingerprint density at radius 2 is 2.08 bits per heavy atom. The highest BCUT2D eigenvalue weighted by Gasteiger charge is 2.25. The van der Waals surface area contributed by atoms with E-state index in [9.17, 15) is 0 Å². The molecule has 1 saturated heterocycles. The molecule has 0 spiro atoms. The fraction of sp³-hybridized carbons (Fsp3) is 1.00. The van der Waals surface area contributed by atoms with Crippen molar-refractivity contribution in [2.45, 2.75) is 31.7 Å². The van der Waals surface area contributed by atoms with E-state index in [1.807, 2.05) is 0 Å². The molecule has 0 bridgehead atoms. The van der Waals surface area contributed by atoms with Crippen LogP contribution >= 0.6 is 0 Å². The third kappa shape index (κ3) is 3.09. The van der Waals surface area contributed by atoms with Crippen LogP contribution < -0.4 is 11.1 Å². The van der Waals surface area contributed by atoms with Crippen LogP contribution in [0.4, 0.5) is 0 Å². The minimum absolute atomic E-state index is 0.299. The van der Waals surface area contributed by atoms with Crippen LogP contribution in [0.5, 0.6) is 0 Å². The zero-order chi connectivity index (χ0) is 8.86. The molecule has 3 N–H and O–H groups in total. The van der Waals surface area contributed by atoms with E-state index in [0.29, 0.717) is 5.54 Å². The van der Waals surface area contributed by atoms with Crippen molar-refractivity contribution in [1.82, 2.24) is 5.32 Å². The van der Waals surface area contributed by atoms with Gasteiger partial charge in [-0.05, 0) is 39.3 Å². The zero-order valence-electron chi connectivity index (χ0n) is 7.94. The molecule has 3 heteroatoms. The number of rotatable bonds is 4. The topological polar surface area (TPSA) is 47.3 Å². The molecule has 0 aromatic heterocycles. The van der Waals surface area contributed by atoms with Gasteiger partial charge in [0, 0.05) is 18.8 Å². The van der Waals surface area contributed by atoms with E-state index >= 15 is 0 Å². The van der Waals surface area contributed by atoms with Gasteiger partial charge >= 0.3 is 0 Å². The van der Waals surface area contributed by atoms with Crippen LogP contribution in [0.25, 0.3) is 0 Å². The Balaban J connectivity index is 2.17. The van der Waals surface area contributed by atoms with Crippen LogP contribution in [-0.2, 0) is 4.74 Å². The van der Waals surface area contributed by atoms with Crippen LogP contribution in [0.15, 0.2) is 0 Å². The number of nitrogens with one attached hydrogen (secondary N) is 1. The monoisotopic (exact) mass is 172 g/mol. The van der Waals surface area contributed by atoms with E-state index < -0.39 is 0 Å². The Morgan fingerprint density at radius 3 is 2.67 bits per heavy atom. The summed E-state index contributed by atoms with van der Waals surface area (Å²) in [5.41, 5.74) is 5.72. The highest BCUT2D eigenvalue weighted by Crippen LogP contribution is 2.19. The van der Waals surface area contributed by atoms with Crippen molar-refractivity contribution < 1.29 is 4.74 Å². The predicted molar refractivity (Wildman–Crippen MR) is 50.1 cm³/mol. The maximum Gasteiger partial charge on any atom is 0.0483 e. The molecule has 0 radical (unpaired) electrons. The fourth-order valence-electron chi connectivity index (χ4n) is 1.49. The quantitative estimate of drug-likeness (QED) is 0.607. The lowest BCUT2D eigenvalue weighted by Crippen LogP contribution is -2.47. The van der Waals surface area contributed by atoms with Gasteiger partial charge in [0.05, 0.1) is 0 Å². The Morgan fingerprint density at radius 1 is 1.42 bits per heavy atom. The molecular weight excluding hydrogens is 152 g/mol. The van der Waals surface area contributed by atoms with E-state index in [1.165, 1.54) is 0 Å². The summed E-state index contributed by atoms with van der Waals surface area (Å²) in [6.45, 7) is 5.87. The van der Waals surface area contributed by atoms with E-state index in [0.717, 1.165) is 45.6 Å². The smallest absolute Gasteiger partial charge is 0.0483 e. The summed E-state index contributed by atoms with van der Waals surface area (Å²) >= 11 is 0. The second-order valence-electron chi connectivity index (χ2n) is 3.74. The maximum atomic E-state index is 5.42. The number of hydrogen-bond acceptors (Lipinski definition) is 3. The SMILES string of the molecule is CC1(NCCCN)CCOCC1. The predicted octanol–water partition coefficient (Wildman–Crippen LogP) is 0.494. The van der Waals surface area contributed by atoms with Gasteiger partial charge in [0.25, 0.3) is 0 Å². The molecule has 0 amide bonds. The van der Waals surface area contributed by atoms with Gasteiger partial charge in [-0.3, -0.25) is 0 Å². The summed E-state index contributed by atoms with van der Waals surface area (Å²) in [4.78, 5) is 0. The molecule has 3 nitrogen and oxygen atoms in total. The molecule has 0 aliphatic carbocycles. The fourth-order valence-corrected chi connectivity index (χ4v) is 1.49. The van der Waals surface area contributed by atoms with Gasteiger partial charge in [-0.1, -0.05) is 0 Å². The van der Waals surface area contributed by atoms with E-state index in [2.05, 4.69) is 12.2 Å². The van der Waals surface area contributed by atoms with Crippen molar-refractivity contribution in [1.29, 1.82) is 0 Å². The minimum Gasteiger partial charge on any atom is -0.381 e. The van der Waals surface area contributed by atoms with Crippen molar-refractivity contribution >= 4 is 0 Å². The summed E-state index contributed by atoms with van der Waals surface area (Å²) in [5, 5.41) is 3.54. The lowest BCUT2D eigenvalue weighted by atomic mass is 9.92. The van der Waals surface area contributed by atoms with Gasteiger partial charge < -0.3 is 15.8 Å². The van der Waals surface area contributed by atoms with E-state index in [1.54, 1.807) is 0 Å². The van der Waals surface area contributed by atoms with Gasteiger partial charge in [0.15, 0.2) is 0 Å². The van der Waals surface area contributed by atoms with Crippen molar-refractivity contribution in [2.75, 3.05) is 26.3 Å². The Hall–Kier alpha value is -0.120. The highest BCUT2D eigenvalue weighted by molar-refractivity contribution is 4.84. The van der Waals surface area contributed by atoms with Crippen molar-refractivity contribution in [3.63, 3.8) is 0 Å². The highest BCUT2D eigenvalue weighted by atomic mass is 16.5. The second kappa shape index (κ2) is 4.80. The van der Waals surface area contributed by atoms with Gasteiger partial charge in [-0.2, -0.15) is 0 Å². The molecule has 1 fully saturated rings. The van der Waals surface area contributed by atoms with Crippen LogP contribution in [0.1, 0.15) is 26.2 Å². The molecular formula is C9H20N2O. The first-order valence-electron chi connectivity index (χ1n) is 4.80. The van der Waals surface area contributed by atoms with Gasteiger partial charge in [-0.25, -0.2) is 0 Å². The Labute approximate surface area is 74.7 Å². The molecule has 72 valence electrons. The third-order valence-corrected chi connectivity index (χ3v) is 2.53. The van der Waals surface area contributed by atoms with Crippen LogP contribution in [0.2, 0.25) is 0 Å². The largest absolute Gasteiger partial charge is 0.381 e. The lowest BCUT2D eigenvalue weighted by Gasteiger charge is -2.34. The summed E-state index contributed by atoms with van der Waals surface area (Å²) in [6, 6.07) is 0. The Bertz CT molecular complexity index is 122. The first-order valence-corrected chi connectivity index (χ1v) is 4.80. The van der Waals surface area contributed by atoms with Crippen LogP contribution in [0, 0.1) is 0 Å². The third-order valence-electron chi connectivity index (χ3n) is 2.53. The molecule has 1 heterocycles. The molecule has 12 heavy (non-hydrogen) atoms. The summed E-state index contributed by atoms with van der Waals surface area (Å²) in [5.74, 6) is 0. The molecule has 0 unspecified atom stereocenters. The first kappa shape index (κ1) is 9.96. The average molecular weight is 172 g/mol. The van der Waals surface area contributed by atoms with E-state index in [-0.39, 0.29) is 0 Å². The first-order chi connectivity index (χ1) is 5.77. The number of ether oxygens (including phenoxy) is 1.